The molecule has 0 fully saturated rings. The predicted octanol–water partition coefficient (Wildman–Crippen LogP) is 1.61. The molecule has 0 bridgehead atoms. The molecule has 3 heteroatoms. The van der Waals surface area contributed by atoms with Gasteiger partial charge in [0.05, 0.1) is 0 Å². The maximum atomic E-state index is 11.0. The molecule has 1 aliphatic heterocycles. The quantitative estimate of drug-likeness (QED) is 0.478. The Kier molecular flexibility index (Phi) is 1.92. The van der Waals surface area contributed by atoms with Crippen LogP contribution in [0.5, 0.6) is 0 Å². The zero-order valence-electron chi connectivity index (χ0n) is 6.81. The lowest BCUT2D eigenvalue weighted by molar-refractivity contribution is -0.129. The predicted molar refractivity (Wildman–Crippen MR) is 49.0 cm³/mol. The largest absolute Gasteiger partial charge is 0.410 e. The van der Waals surface area contributed by atoms with Gasteiger partial charge in [-0.25, -0.2) is 9.79 Å². The van der Waals surface area contributed by atoms with Crippen LogP contribution < -0.4 is 0 Å². The summed E-state index contributed by atoms with van der Waals surface area (Å²) < 4.78 is 4.54. The van der Waals surface area contributed by atoms with Gasteiger partial charge in [0.25, 0.3) is 0 Å². The van der Waals surface area contributed by atoms with Crippen molar-refractivity contribution in [2.75, 3.05) is 0 Å². The molecule has 0 aromatic heterocycles. The average Bonchev–Trinajstić information content (AvgIpc) is 2.54. The average molecular weight is 173 g/mol. The van der Waals surface area contributed by atoms with Crippen LogP contribution in [0.4, 0.5) is 0 Å². The minimum absolute atomic E-state index is 0.339. The zero-order chi connectivity index (χ0) is 9.10. The highest BCUT2D eigenvalue weighted by Gasteiger charge is 2.13. The van der Waals surface area contributed by atoms with Crippen LogP contribution in [-0.4, -0.2) is 12.4 Å². The highest BCUT2D eigenvalue weighted by molar-refractivity contribution is 6.01. The molecular formula is C10H7NO2. The van der Waals surface area contributed by atoms with E-state index in [-0.39, 0.29) is 0 Å². The van der Waals surface area contributed by atoms with Crippen molar-refractivity contribution in [2.24, 2.45) is 4.99 Å². The lowest BCUT2D eigenvalue weighted by Gasteiger charge is -1.91. The summed E-state index contributed by atoms with van der Waals surface area (Å²) in [5.41, 5.74) is 1.28. The van der Waals surface area contributed by atoms with Gasteiger partial charge in [0.1, 0.15) is 0 Å². The summed E-state index contributed by atoms with van der Waals surface area (Å²) in [6.07, 6.45) is 2.84. The number of rotatable bonds is 1. The van der Waals surface area contributed by atoms with E-state index < -0.39 is 5.97 Å². The lowest BCUT2D eigenvalue weighted by atomic mass is 10.2. The fraction of sp³-hybridized carbons (Fsp3) is 0. The lowest BCUT2D eigenvalue weighted by Crippen LogP contribution is -1.95. The van der Waals surface area contributed by atoms with Gasteiger partial charge < -0.3 is 4.74 Å². The van der Waals surface area contributed by atoms with Gasteiger partial charge in [-0.05, 0) is 11.6 Å². The molecule has 0 saturated carbocycles. The number of esters is 1. The topological polar surface area (TPSA) is 38.7 Å². The van der Waals surface area contributed by atoms with Crippen molar-refractivity contribution in [1.82, 2.24) is 0 Å². The van der Waals surface area contributed by atoms with E-state index in [1.54, 1.807) is 6.08 Å². The van der Waals surface area contributed by atoms with Crippen LogP contribution in [0, 0.1) is 0 Å². The molecule has 0 N–H and O–H groups in total. The normalized spacial score (nSPS) is 17.8. The third kappa shape index (κ3) is 1.64. The molecule has 0 aliphatic carbocycles. The highest BCUT2D eigenvalue weighted by Crippen LogP contribution is 2.11. The van der Waals surface area contributed by atoms with Gasteiger partial charge in [-0.3, -0.25) is 0 Å². The fourth-order valence-electron chi connectivity index (χ4n) is 1.05. The summed E-state index contributed by atoms with van der Waals surface area (Å²) in [5, 5.41) is 0. The van der Waals surface area contributed by atoms with Crippen LogP contribution in [0.25, 0.3) is 6.08 Å². The van der Waals surface area contributed by atoms with Gasteiger partial charge in [-0.2, -0.15) is 0 Å². The number of hydrogen-bond acceptors (Lipinski definition) is 3. The van der Waals surface area contributed by atoms with Crippen molar-refractivity contribution in [3.8, 4) is 0 Å². The van der Waals surface area contributed by atoms with Crippen LogP contribution >= 0.6 is 0 Å². The van der Waals surface area contributed by atoms with Crippen LogP contribution in [0.15, 0.2) is 41.0 Å². The summed E-state index contributed by atoms with van der Waals surface area (Å²) in [6.45, 7) is 0. The van der Waals surface area contributed by atoms with E-state index in [0.717, 1.165) is 12.0 Å². The summed E-state index contributed by atoms with van der Waals surface area (Å²) in [5.74, 6) is -0.399. The minimum Gasteiger partial charge on any atom is -0.410 e. The number of benzene rings is 1. The van der Waals surface area contributed by atoms with Gasteiger partial charge >= 0.3 is 5.97 Å². The Balaban J connectivity index is 2.30. The fourth-order valence-corrected chi connectivity index (χ4v) is 1.05. The molecular weight excluding hydrogens is 166 g/mol. The van der Waals surface area contributed by atoms with E-state index in [4.69, 9.17) is 0 Å². The van der Waals surface area contributed by atoms with E-state index in [1.807, 2.05) is 30.3 Å². The number of aliphatic imine (C=N–C) groups is 1. The van der Waals surface area contributed by atoms with Crippen molar-refractivity contribution in [3.05, 3.63) is 41.6 Å². The van der Waals surface area contributed by atoms with Crippen molar-refractivity contribution < 1.29 is 9.53 Å². The second-order valence-electron chi connectivity index (χ2n) is 2.58. The van der Waals surface area contributed by atoms with E-state index in [1.165, 1.54) is 0 Å². The molecule has 3 nitrogen and oxygen atoms in total. The van der Waals surface area contributed by atoms with Crippen LogP contribution in [0.1, 0.15) is 5.56 Å². The molecule has 0 radical (unpaired) electrons. The number of carbonyl (C=O) groups excluding carboxylic acids is 1. The first-order valence-corrected chi connectivity index (χ1v) is 3.86. The smallest absolute Gasteiger partial charge is 0.363 e. The number of cyclic esters (lactones) is 1. The number of nitrogens with zero attached hydrogens (tertiary/aromatic N) is 1. The molecule has 1 aromatic rings. The third-order valence-electron chi connectivity index (χ3n) is 1.66. The molecule has 13 heavy (non-hydrogen) atoms. The minimum atomic E-state index is -0.399. The van der Waals surface area contributed by atoms with E-state index in [2.05, 4.69) is 9.73 Å². The summed E-state index contributed by atoms with van der Waals surface area (Å²) in [7, 11) is 0. The first kappa shape index (κ1) is 7.73. The molecule has 64 valence electrons. The first-order chi connectivity index (χ1) is 6.36. The first-order valence-electron chi connectivity index (χ1n) is 3.86. The maximum Gasteiger partial charge on any atom is 0.363 e. The Morgan fingerprint density at radius 3 is 2.62 bits per heavy atom. The van der Waals surface area contributed by atoms with Crippen LogP contribution in [-0.2, 0) is 9.53 Å². The summed E-state index contributed by atoms with van der Waals surface area (Å²) >= 11 is 0. The molecule has 1 aromatic carbocycles. The van der Waals surface area contributed by atoms with Gasteiger partial charge in [0, 0.05) is 0 Å². The monoisotopic (exact) mass is 173 g/mol. The maximum absolute atomic E-state index is 11.0. The standard InChI is InChI=1S/C10H7NO2/c12-10-9(11-7-13-10)6-8-4-2-1-3-5-8/h1-7H/b9-6+. The molecule has 1 aliphatic rings. The second-order valence-corrected chi connectivity index (χ2v) is 2.58. The second kappa shape index (κ2) is 3.23. The van der Waals surface area contributed by atoms with Crippen molar-refractivity contribution >= 4 is 18.4 Å². The van der Waals surface area contributed by atoms with E-state index >= 15 is 0 Å². The van der Waals surface area contributed by atoms with Crippen molar-refractivity contribution in [3.63, 3.8) is 0 Å². The van der Waals surface area contributed by atoms with Crippen molar-refractivity contribution in [1.29, 1.82) is 0 Å². The Hall–Kier alpha value is -1.90. The van der Waals surface area contributed by atoms with Crippen LogP contribution in [0.3, 0.4) is 0 Å². The molecule has 0 amide bonds. The number of hydrogen-bond donors (Lipinski definition) is 0. The molecule has 0 saturated heterocycles. The molecule has 2 rings (SSSR count). The molecule has 0 spiro atoms. The van der Waals surface area contributed by atoms with Gasteiger partial charge in [-0.1, -0.05) is 30.3 Å². The van der Waals surface area contributed by atoms with Gasteiger partial charge in [-0.15, -0.1) is 0 Å². The van der Waals surface area contributed by atoms with Gasteiger partial charge in [0.15, 0.2) is 12.1 Å². The van der Waals surface area contributed by atoms with Crippen LogP contribution in [0.2, 0.25) is 0 Å². The van der Waals surface area contributed by atoms with E-state index in [0.29, 0.717) is 5.70 Å². The Morgan fingerprint density at radius 1 is 1.23 bits per heavy atom. The molecule has 0 unspecified atom stereocenters. The molecule has 1 heterocycles. The number of ether oxygens (including phenoxy) is 1. The molecule has 0 atom stereocenters. The SMILES string of the molecule is O=C1OC=N/C1=C/c1ccccc1. The Morgan fingerprint density at radius 2 is 2.00 bits per heavy atom. The van der Waals surface area contributed by atoms with E-state index in [9.17, 15) is 4.79 Å². The summed E-state index contributed by atoms with van der Waals surface area (Å²) in [6, 6.07) is 9.51. The number of carbonyl (C=O) groups is 1. The third-order valence-corrected chi connectivity index (χ3v) is 1.66. The van der Waals surface area contributed by atoms with Gasteiger partial charge in [0.2, 0.25) is 0 Å². The Labute approximate surface area is 75.4 Å². The highest BCUT2D eigenvalue weighted by atomic mass is 16.5. The van der Waals surface area contributed by atoms with Crippen molar-refractivity contribution in [2.45, 2.75) is 0 Å². The summed E-state index contributed by atoms with van der Waals surface area (Å²) in [4.78, 5) is 14.7. The zero-order valence-corrected chi connectivity index (χ0v) is 6.81. The Bertz CT molecular complexity index is 379.